The maximum Gasteiger partial charge on any atom is 0.308 e. The van der Waals surface area contributed by atoms with Gasteiger partial charge in [0.1, 0.15) is 5.58 Å². The SMILES string of the molecule is CC(=O)Nc1ccc(S(=O)(=O)N2CCc3ccccc3C2CC(=O)OCC(=O)c2cc3ccccc3o2)cc1. The molecule has 5 rings (SSSR count). The first kappa shape index (κ1) is 26.3. The van der Waals surface area contributed by atoms with Gasteiger partial charge in [-0.15, -0.1) is 0 Å². The molecule has 1 amide bonds. The van der Waals surface area contributed by atoms with Crippen LogP contribution in [0.2, 0.25) is 0 Å². The summed E-state index contributed by atoms with van der Waals surface area (Å²) in [6.45, 7) is 1.01. The Morgan fingerprint density at radius 1 is 1.00 bits per heavy atom. The van der Waals surface area contributed by atoms with Crippen LogP contribution in [0.1, 0.15) is 41.1 Å². The van der Waals surface area contributed by atoms with Crippen molar-refractivity contribution < 1.29 is 32.0 Å². The number of nitrogens with one attached hydrogen (secondary N) is 1. The summed E-state index contributed by atoms with van der Waals surface area (Å²) < 4.78 is 39.5. The number of ketones is 1. The first-order chi connectivity index (χ1) is 18.7. The van der Waals surface area contributed by atoms with E-state index in [0.29, 0.717) is 23.3 Å². The second-order valence-corrected chi connectivity index (χ2v) is 11.1. The lowest BCUT2D eigenvalue weighted by atomic mass is 9.92. The molecule has 0 aliphatic carbocycles. The molecule has 0 saturated carbocycles. The highest BCUT2D eigenvalue weighted by Gasteiger charge is 2.38. The van der Waals surface area contributed by atoms with Crippen LogP contribution >= 0.6 is 0 Å². The minimum absolute atomic E-state index is 0.0365. The van der Waals surface area contributed by atoms with Gasteiger partial charge in [0, 0.05) is 24.5 Å². The Balaban J connectivity index is 1.34. The number of ether oxygens (including phenoxy) is 1. The van der Waals surface area contributed by atoms with E-state index in [-0.39, 0.29) is 29.5 Å². The van der Waals surface area contributed by atoms with Crippen molar-refractivity contribution in [1.82, 2.24) is 4.31 Å². The number of Topliss-reactive ketones (excluding diaryl/α,β-unsaturated/α-hetero) is 1. The van der Waals surface area contributed by atoms with Crippen LogP contribution in [0.3, 0.4) is 0 Å². The maximum atomic E-state index is 13.7. The van der Waals surface area contributed by atoms with Gasteiger partial charge in [0.25, 0.3) is 0 Å². The van der Waals surface area contributed by atoms with Crippen molar-refractivity contribution >= 4 is 44.3 Å². The van der Waals surface area contributed by atoms with Crippen LogP contribution in [0.4, 0.5) is 5.69 Å². The molecule has 9 nitrogen and oxygen atoms in total. The average Bonchev–Trinajstić information content (AvgIpc) is 3.36. The monoisotopic (exact) mass is 546 g/mol. The highest BCUT2D eigenvalue weighted by molar-refractivity contribution is 7.89. The van der Waals surface area contributed by atoms with Gasteiger partial charge in [0.2, 0.25) is 21.7 Å². The molecule has 0 bridgehead atoms. The fraction of sp³-hybridized carbons (Fsp3) is 0.207. The molecule has 0 radical (unpaired) electrons. The highest BCUT2D eigenvalue weighted by atomic mass is 32.2. The molecule has 1 unspecified atom stereocenters. The lowest BCUT2D eigenvalue weighted by molar-refractivity contribution is -0.143. The van der Waals surface area contributed by atoms with Crippen molar-refractivity contribution in [2.45, 2.75) is 30.7 Å². The number of amides is 1. The number of anilines is 1. The largest absolute Gasteiger partial charge is 0.457 e. The molecule has 1 N–H and O–H groups in total. The van der Waals surface area contributed by atoms with Crippen LogP contribution in [0.25, 0.3) is 11.0 Å². The summed E-state index contributed by atoms with van der Waals surface area (Å²) in [4.78, 5) is 36.9. The third kappa shape index (κ3) is 5.62. The summed E-state index contributed by atoms with van der Waals surface area (Å²) >= 11 is 0. The molecule has 1 aliphatic heterocycles. The number of rotatable bonds is 8. The normalized spacial score (nSPS) is 15.5. The predicted octanol–water partition coefficient (Wildman–Crippen LogP) is 4.50. The number of benzene rings is 3. The minimum Gasteiger partial charge on any atom is -0.457 e. The zero-order valence-electron chi connectivity index (χ0n) is 21.1. The Hall–Kier alpha value is -4.28. The molecule has 200 valence electrons. The van der Waals surface area contributed by atoms with Gasteiger partial charge in [0.05, 0.1) is 17.4 Å². The van der Waals surface area contributed by atoms with E-state index in [4.69, 9.17) is 9.15 Å². The number of sulfonamides is 1. The third-order valence-electron chi connectivity index (χ3n) is 6.57. The van der Waals surface area contributed by atoms with Gasteiger partial charge in [-0.05, 0) is 53.9 Å². The second-order valence-electron chi connectivity index (χ2n) is 9.22. The van der Waals surface area contributed by atoms with E-state index in [1.807, 2.05) is 24.3 Å². The van der Waals surface area contributed by atoms with E-state index in [1.165, 1.54) is 35.5 Å². The molecule has 1 aromatic heterocycles. The summed E-state index contributed by atoms with van der Waals surface area (Å²) in [6, 6.07) is 21.2. The van der Waals surface area contributed by atoms with Gasteiger partial charge in [-0.1, -0.05) is 42.5 Å². The standard InChI is InChI=1S/C29H26N2O7S/c1-19(32)30-22-10-12-23(13-11-22)39(35,36)31-15-14-20-6-2-4-8-24(20)25(31)17-29(34)37-18-26(33)28-16-21-7-3-5-9-27(21)38-28/h2-13,16,25H,14-15,17-18H2,1H3,(H,30,32). The lowest BCUT2D eigenvalue weighted by Gasteiger charge is -2.36. The molecule has 0 spiro atoms. The smallest absolute Gasteiger partial charge is 0.308 e. The van der Waals surface area contributed by atoms with Gasteiger partial charge >= 0.3 is 5.97 Å². The first-order valence-corrected chi connectivity index (χ1v) is 13.8. The molecule has 39 heavy (non-hydrogen) atoms. The number of carbonyl (C=O) groups is 3. The van der Waals surface area contributed by atoms with Crippen molar-refractivity contribution in [1.29, 1.82) is 0 Å². The van der Waals surface area contributed by atoms with Gasteiger partial charge < -0.3 is 14.5 Å². The Kier molecular flexibility index (Phi) is 7.32. The molecule has 1 atom stereocenters. The number of nitrogens with zero attached hydrogens (tertiary/aromatic N) is 1. The molecule has 2 heterocycles. The Morgan fingerprint density at radius 2 is 1.72 bits per heavy atom. The summed E-state index contributed by atoms with van der Waals surface area (Å²) in [7, 11) is -4.00. The minimum atomic E-state index is -4.00. The number of furan rings is 1. The zero-order valence-corrected chi connectivity index (χ0v) is 21.9. The number of hydrogen-bond acceptors (Lipinski definition) is 7. The van der Waals surface area contributed by atoms with Crippen molar-refractivity contribution in [3.05, 3.63) is 95.7 Å². The number of carbonyl (C=O) groups excluding carboxylic acids is 3. The van der Waals surface area contributed by atoms with Crippen LogP contribution in [0, 0.1) is 0 Å². The molecule has 3 aromatic carbocycles. The molecule has 1 aliphatic rings. The number of para-hydroxylation sites is 1. The molecule has 4 aromatic rings. The van der Waals surface area contributed by atoms with E-state index >= 15 is 0 Å². The van der Waals surface area contributed by atoms with E-state index in [1.54, 1.807) is 30.3 Å². The molecule has 10 heteroatoms. The maximum absolute atomic E-state index is 13.7. The topological polar surface area (TPSA) is 123 Å². The van der Waals surface area contributed by atoms with Crippen molar-refractivity contribution in [2.75, 3.05) is 18.5 Å². The van der Waals surface area contributed by atoms with Crippen LogP contribution in [0.5, 0.6) is 0 Å². The Bertz CT molecular complexity index is 1630. The second kappa shape index (κ2) is 10.8. The number of fused-ring (bicyclic) bond motifs is 2. The molecular formula is C29H26N2O7S. The van der Waals surface area contributed by atoms with Crippen molar-refractivity contribution in [3.63, 3.8) is 0 Å². The molecule has 0 saturated heterocycles. The fourth-order valence-corrected chi connectivity index (χ4v) is 6.34. The number of hydrogen-bond donors (Lipinski definition) is 1. The van der Waals surface area contributed by atoms with Gasteiger partial charge in [0.15, 0.2) is 12.4 Å². The Labute approximate surface area is 225 Å². The zero-order chi connectivity index (χ0) is 27.6. The third-order valence-corrected chi connectivity index (χ3v) is 8.49. The van der Waals surface area contributed by atoms with Gasteiger partial charge in [-0.25, -0.2) is 8.42 Å². The highest BCUT2D eigenvalue weighted by Crippen LogP contribution is 2.36. The molecule has 0 fully saturated rings. The van der Waals surface area contributed by atoms with Gasteiger partial charge in [-0.3, -0.25) is 14.4 Å². The van der Waals surface area contributed by atoms with E-state index < -0.39 is 34.4 Å². The molecular weight excluding hydrogens is 520 g/mol. The van der Waals surface area contributed by atoms with Crippen LogP contribution < -0.4 is 5.32 Å². The lowest BCUT2D eigenvalue weighted by Crippen LogP contribution is -2.41. The van der Waals surface area contributed by atoms with E-state index in [0.717, 1.165) is 10.9 Å². The summed E-state index contributed by atoms with van der Waals surface area (Å²) in [5.41, 5.74) is 2.68. The average molecular weight is 547 g/mol. The first-order valence-electron chi connectivity index (χ1n) is 12.4. The summed E-state index contributed by atoms with van der Waals surface area (Å²) in [5.74, 6) is -1.38. The summed E-state index contributed by atoms with van der Waals surface area (Å²) in [6.07, 6.45) is 0.211. The van der Waals surface area contributed by atoms with Crippen LogP contribution in [-0.2, 0) is 30.8 Å². The fourth-order valence-electron chi connectivity index (χ4n) is 4.73. The Morgan fingerprint density at radius 3 is 2.46 bits per heavy atom. The van der Waals surface area contributed by atoms with E-state index in [2.05, 4.69) is 5.32 Å². The van der Waals surface area contributed by atoms with Gasteiger partial charge in [-0.2, -0.15) is 4.31 Å². The van der Waals surface area contributed by atoms with Crippen LogP contribution in [0.15, 0.2) is 88.2 Å². The number of esters is 1. The van der Waals surface area contributed by atoms with Crippen molar-refractivity contribution in [2.24, 2.45) is 0 Å². The summed E-state index contributed by atoms with van der Waals surface area (Å²) in [5, 5.41) is 3.37. The quantitative estimate of drug-likeness (QED) is 0.255. The van der Waals surface area contributed by atoms with Crippen LogP contribution in [-0.4, -0.2) is 43.5 Å². The van der Waals surface area contributed by atoms with Crippen molar-refractivity contribution in [3.8, 4) is 0 Å². The predicted molar refractivity (Wildman–Crippen MR) is 144 cm³/mol. The van der Waals surface area contributed by atoms with E-state index in [9.17, 15) is 22.8 Å².